The molecule has 0 radical (unpaired) electrons. The molecule has 1 aliphatic carbocycles. The van der Waals surface area contributed by atoms with Gasteiger partial charge in [-0.05, 0) is 38.2 Å². The molecule has 3 fully saturated rings. The number of urea groups is 1. The summed E-state index contributed by atoms with van der Waals surface area (Å²) >= 11 is 0. The van der Waals surface area contributed by atoms with Crippen molar-refractivity contribution in [2.24, 2.45) is 11.7 Å². The molecule has 4 rings (SSSR count). The average Bonchev–Trinajstić information content (AvgIpc) is 3.23. The first-order chi connectivity index (χ1) is 15.0. The highest BCUT2D eigenvalue weighted by Crippen LogP contribution is 2.26. The summed E-state index contributed by atoms with van der Waals surface area (Å²) in [6.07, 6.45) is 6.03. The molecule has 0 spiro atoms. The Morgan fingerprint density at radius 2 is 1.84 bits per heavy atom. The molecule has 9 heteroatoms. The van der Waals surface area contributed by atoms with Gasteiger partial charge in [0, 0.05) is 69.5 Å². The van der Waals surface area contributed by atoms with Crippen LogP contribution in [0.15, 0.2) is 18.3 Å². The molecule has 2 unspecified atom stereocenters. The monoisotopic (exact) mass is 430 g/mol. The summed E-state index contributed by atoms with van der Waals surface area (Å²) < 4.78 is 0. The molecule has 3 amide bonds. The topological polar surface area (TPSA) is 115 Å². The standard InChI is InChI=1S/C22H34N6O3/c23-20(30)16-6-9-27(10-7-16)21-17(3-2-8-24-21)15-25-22(31)28-13-11-26(12-14-28)18-4-1-5-19(18)29/h2-3,8,16,18-19,29H,1,4-7,9-15H2,(H2,23,30)(H,25,31). The fraction of sp³-hybridized carbons (Fsp3) is 0.682. The smallest absolute Gasteiger partial charge is 0.317 e. The predicted octanol–water partition coefficient (Wildman–Crippen LogP) is 0.524. The molecule has 170 valence electrons. The fourth-order valence-electron chi connectivity index (χ4n) is 5.11. The third-order valence-corrected chi connectivity index (χ3v) is 7.01. The van der Waals surface area contributed by atoms with Crippen molar-refractivity contribution in [3.05, 3.63) is 23.9 Å². The van der Waals surface area contributed by atoms with Crippen LogP contribution in [0.3, 0.4) is 0 Å². The van der Waals surface area contributed by atoms with Gasteiger partial charge in [-0.1, -0.05) is 6.07 Å². The summed E-state index contributed by atoms with van der Waals surface area (Å²) in [6, 6.07) is 4.06. The second kappa shape index (κ2) is 9.82. The van der Waals surface area contributed by atoms with Crippen molar-refractivity contribution >= 4 is 17.8 Å². The molecule has 1 aromatic rings. The Hall–Kier alpha value is -2.39. The van der Waals surface area contributed by atoms with Crippen molar-refractivity contribution in [3.63, 3.8) is 0 Å². The van der Waals surface area contributed by atoms with Crippen molar-refractivity contribution in [2.45, 2.75) is 50.8 Å². The van der Waals surface area contributed by atoms with Gasteiger partial charge in [0.15, 0.2) is 0 Å². The van der Waals surface area contributed by atoms with Crippen LogP contribution in [0.2, 0.25) is 0 Å². The molecular weight excluding hydrogens is 396 g/mol. The third-order valence-electron chi connectivity index (χ3n) is 7.01. The summed E-state index contributed by atoms with van der Waals surface area (Å²) in [5.41, 5.74) is 6.42. The van der Waals surface area contributed by atoms with Crippen molar-refractivity contribution < 1.29 is 14.7 Å². The van der Waals surface area contributed by atoms with Gasteiger partial charge in [-0.2, -0.15) is 0 Å². The maximum atomic E-state index is 12.7. The normalized spacial score (nSPS) is 25.6. The summed E-state index contributed by atoms with van der Waals surface area (Å²) in [7, 11) is 0. The number of aromatic nitrogens is 1. The van der Waals surface area contributed by atoms with Gasteiger partial charge in [-0.15, -0.1) is 0 Å². The Labute approximate surface area is 183 Å². The zero-order valence-corrected chi connectivity index (χ0v) is 18.1. The molecule has 9 nitrogen and oxygen atoms in total. The van der Waals surface area contributed by atoms with Crippen molar-refractivity contribution in [1.82, 2.24) is 20.1 Å². The number of nitrogens with zero attached hydrogens (tertiary/aromatic N) is 4. The van der Waals surface area contributed by atoms with Crippen LogP contribution in [0.4, 0.5) is 10.6 Å². The number of anilines is 1. The highest BCUT2D eigenvalue weighted by atomic mass is 16.3. The first-order valence-corrected chi connectivity index (χ1v) is 11.5. The Morgan fingerprint density at radius 3 is 2.48 bits per heavy atom. The van der Waals surface area contributed by atoms with E-state index in [0.29, 0.717) is 19.6 Å². The molecular formula is C22H34N6O3. The number of hydrogen-bond donors (Lipinski definition) is 3. The van der Waals surface area contributed by atoms with E-state index in [-0.39, 0.29) is 30.0 Å². The second-order valence-electron chi connectivity index (χ2n) is 8.90. The van der Waals surface area contributed by atoms with E-state index in [1.807, 2.05) is 17.0 Å². The molecule has 1 saturated carbocycles. The number of nitrogens with one attached hydrogen (secondary N) is 1. The van der Waals surface area contributed by atoms with E-state index in [1.54, 1.807) is 6.20 Å². The predicted molar refractivity (Wildman–Crippen MR) is 117 cm³/mol. The Morgan fingerprint density at radius 1 is 1.10 bits per heavy atom. The van der Waals surface area contributed by atoms with Crippen molar-refractivity contribution in [2.75, 3.05) is 44.2 Å². The molecule has 1 aromatic heterocycles. The summed E-state index contributed by atoms with van der Waals surface area (Å²) in [5, 5.41) is 13.2. The number of carbonyl (C=O) groups excluding carboxylic acids is 2. The van der Waals surface area contributed by atoms with Gasteiger partial charge in [0.25, 0.3) is 0 Å². The van der Waals surface area contributed by atoms with Gasteiger partial charge in [-0.25, -0.2) is 9.78 Å². The van der Waals surface area contributed by atoms with Crippen LogP contribution in [0, 0.1) is 5.92 Å². The van der Waals surface area contributed by atoms with E-state index in [1.165, 1.54) is 0 Å². The van der Waals surface area contributed by atoms with Gasteiger partial charge in [0.1, 0.15) is 5.82 Å². The van der Waals surface area contributed by atoms with Crippen LogP contribution in [0.1, 0.15) is 37.7 Å². The van der Waals surface area contributed by atoms with E-state index >= 15 is 0 Å². The Kier molecular flexibility index (Phi) is 6.92. The van der Waals surface area contributed by atoms with E-state index in [9.17, 15) is 14.7 Å². The first-order valence-electron chi connectivity index (χ1n) is 11.5. The van der Waals surface area contributed by atoms with Crippen molar-refractivity contribution in [3.8, 4) is 0 Å². The number of aliphatic hydroxyl groups is 1. The van der Waals surface area contributed by atoms with E-state index in [4.69, 9.17) is 5.73 Å². The lowest BCUT2D eigenvalue weighted by Gasteiger charge is -2.39. The number of piperazine rings is 1. The molecule has 3 heterocycles. The van der Waals surface area contributed by atoms with Crippen LogP contribution in [0.25, 0.3) is 0 Å². The van der Waals surface area contributed by atoms with Gasteiger partial charge < -0.3 is 26.0 Å². The minimum Gasteiger partial charge on any atom is -0.391 e. The van der Waals surface area contributed by atoms with Crippen LogP contribution < -0.4 is 16.0 Å². The zero-order valence-electron chi connectivity index (χ0n) is 18.1. The summed E-state index contributed by atoms with van der Waals surface area (Å²) in [6.45, 7) is 4.86. The molecule has 4 N–H and O–H groups in total. The Balaban J connectivity index is 1.28. The molecule has 2 saturated heterocycles. The number of primary amides is 1. The highest BCUT2D eigenvalue weighted by Gasteiger charge is 2.33. The highest BCUT2D eigenvalue weighted by molar-refractivity contribution is 5.77. The number of amides is 3. The van der Waals surface area contributed by atoms with Crippen molar-refractivity contribution in [1.29, 1.82) is 0 Å². The maximum Gasteiger partial charge on any atom is 0.317 e. The van der Waals surface area contributed by atoms with Gasteiger partial charge in [0.2, 0.25) is 5.91 Å². The zero-order chi connectivity index (χ0) is 21.8. The van der Waals surface area contributed by atoms with Gasteiger partial charge in [0.05, 0.1) is 6.10 Å². The quantitative estimate of drug-likeness (QED) is 0.628. The van der Waals surface area contributed by atoms with Gasteiger partial charge >= 0.3 is 6.03 Å². The van der Waals surface area contributed by atoms with Crippen LogP contribution in [-0.2, 0) is 11.3 Å². The molecule has 0 bridgehead atoms. The minimum atomic E-state index is -0.226. The van der Waals surface area contributed by atoms with E-state index in [0.717, 1.165) is 69.7 Å². The third kappa shape index (κ3) is 5.10. The summed E-state index contributed by atoms with van der Waals surface area (Å²) in [4.78, 5) is 35.0. The lowest BCUT2D eigenvalue weighted by atomic mass is 9.96. The number of hydrogen-bond acceptors (Lipinski definition) is 6. The SMILES string of the molecule is NC(=O)C1CCN(c2ncccc2CNC(=O)N2CCN(C3CCCC3O)CC2)CC1. The number of carbonyl (C=O) groups is 2. The molecule has 2 aliphatic heterocycles. The van der Waals surface area contributed by atoms with Crippen LogP contribution in [-0.4, -0.2) is 83.2 Å². The lowest BCUT2D eigenvalue weighted by Crippen LogP contribution is -2.55. The molecule has 0 aromatic carbocycles. The number of piperidine rings is 1. The van der Waals surface area contributed by atoms with E-state index in [2.05, 4.69) is 20.1 Å². The second-order valence-corrected chi connectivity index (χ2v) is 8.90. The first kappa shape index (κ1) is 21.8. The number of aliphatic hydroxyl groups excluding tert-OH is 1. The fourth-order valence-corrected chi connectivity index (χ4v) is 5.11. The largest absolute Gasteiger partial charge is 0.391 e. The summed E-state index contributed by atoms with van der Waals surface area (Å²) in [5.74, 6) is 0.577. The lowest BCUT2D eigenvalue weighted by molar-refractivity contribution is -0.122. The minimum absolute atomic E-state index is 0.0612. The van der Waals surface area contributed by atoms with E-state index < -0.39 is 0 Å². The number of nitrogens with two attached hydrogens (primary N) is 1. The maximum absolute atomic E-state index is 12.7. The van der Waals surface area contributed by atoms with Crippen LogP contribution >= 0.6 is 0 Å². The van der Waals surface area contributed by atoms with Gasteiger partial charge in [-0.3, -0.25) is 9.69 Å². The Bertz CT molecular complexity index is 774. The van der Waals surface area contributed by atoms with Crippen LogP contribution in [0.5, 0.6) is 0 Å². The average molecular weight is 431 g/mol. The molecule has 31 heavy (non-hydrogen) atoms. The molecule has 2 atom stereocenters. The number of pyridine rings is 1. The molecule has 3 aliphatic rings. The number of rotatable bonds is 5.